The minimum absolute atomic E-state index is 0.929. The Balaban J connectivity index is 3.53. The van der Waals surface area contributed by atoms with Crippen molar-refractivity contribution in [3.8, 4) is 0 Å². The maximum atomic E-state index is 3.93. The second kappa shape index (κ2) is 19.8. The van der Waals surface area contributed by atoms with Gasteiger partial charge in [0.25, 0.3) is 0 Å². The highest BCUT2D eigenvalue weighted by Crippen LogP contribution is 2.20. The van der Waals surface area contributed by atoms with E-state index in [0.717, 1.165) is 18.8 Å². The fourth-order valence-electron chi connectivity index (χ4n) is 3.30. The maximum absolute atomic E-state index is 3.93. The van der Waals surface area contributed by atoms with Crippen LogP contribution in [0.15, 0.2) is 12.2 Å². The molecule has 2 radical (unpaired) electrons. The van der Waals surface area contributed by atoms with Crippen molar-refractivity contribution < 1.29 is 0 Å². The minimum Gasteiger partial charge on any atom is -0.0885 e. The first-order chi connectivity index (χ1) is 11.3. The average Bonchev–Trinajstić information content (AvgIpc) is 2.56. The Morgan fingerprint density at radius 2 is 1.22 bits per heavy atom. The lowest BCUT2D eigenvalue weighted by Gasteiger charge is -2.13. The molecule has 0 aliphatic rings. The molecular formula is C23H44. The lowest BCUT2D eigenvalue weighted by Crippen LogP contribution is -1.99. The standard InChI is InChI=1S/C23H44/c1-4-7-9-11-12-13-14-15-17-19-22-23(20-6-3)21-18-16-10-8-5-2/h17,19,23H,1-2,4-16,18,20-22H2,3H3. The molecule has 23 heavy (non-hydrogen) atoms. The summed E-state index contributed by atoms with van der Waals surface area (Å²) in [4.78, 5) is 0. The predicted molar refractivity (Wildman–Crippen MR) is 108 cm³/mol. The first-order valence-corrected chi connectivity index (χ1v) is 10.6. The Morgan fingerprint density at radius 3 is 1.83 bits per heavy atom. The van der Waals surface area contributed by atoms with Gasteiger partial charge >= 0.3 is 0 Å². The van der Waals surface area contributed by atoms with Crippen molar-refractivity contribution in [3.05, 3.63) is 26.0 Å². The molecule has 0 aliphatic heterocycles. The van der Waals surface area contributed by atoms with Gasteiger partial charge < -0.3 is 0 Å². The summed E-state index contributed by atoms with van der Waals surface area (Å²) >= 11 is 0. The quantitative estimate of drug-likeness (QED) is 0.175. The van der Waals surface area contributed by atoms with Crippen LogP contribution in [0.3, 0.4) is 0 Å². The molecule has 0 aromatic heterocycles. The van der Waals surface area contributed by atoms with Gasteiger partial charge in [0, 0.05) is 0 Å². The highest BCUT2D eigenvalue weighted by Gasteiger charge is 2.05. The van der Waals surface area contributed by atoms with Crippen molar-refractivity contribution >= 4 is 0 Å². The van der Waals surface area contributed by atoms with Gasteiger partial charge in [-0.15, -0.1) is 0 Å². The summed E-state index contributed by atoms with van der Waals surface area (Å²) in [6.07, 6.45) is 27.8. The van der Waals surface area contributed by atoms with E-state index >= 15 is 0 Å². The van der Waals surface area contributed by atoms with Crippen LogP contribution in [0.25, 0.3) is 0 Å². The van der Waals surface area contributed by atoms with Gasteiger partial charge in [-0.3, -0.25) is 0 Å². The van der Waals surface area contributed by atoms with Crippen LogP contribution in [-0.4, -0.2) is 0 Å². The molecule has 0 rings (SSSR count). The molecule has 0 bridgehead atoms. The third-order valence-electron chi connectivity index (χ3n) is 4.82. The number of unbranched alkanes of at least 4 members (excludes halogenated alkanes) is 11. The van der Waals surface area contributed by atoms with Crippen LogP contribution >= 0.6 is 0 Å². The summed E-state index contributed by atoms with van der Waals surface area (Å²) in [7, 11) is 0. The average molecular weight is 321 g/mol. The largest absolute Gasteiger partial charge is 0.0885 e. The van der Waals surface area contributed by atoms with Crippen molar-refractivity contribution in [3.63, 3.8) is 0 Å². The predicted octanol–water partition coefficient (Wildman–Crippen LogP) is 8.48. The van der Waals surface area contributed by atoms with E-state index in [4.69, 9.17) is 0 Å². The monoisotopic (exact) mass is 320 g/mol. The second-order valence-corrected chi connectivity index (χ2v) is 7.18. The van der Waals surface area contributed by atoms with Gasteiger partial charge in [0.2, 0.25) is 0 Å². The fraction of sp³-hybridized carbons (Fsp3) is 0.826. The lowest BCUT2D eigenvalue weighted by atomic mass is 9.93. The smallest absolute Gasteiger partial charge is 0.0322 e. The zero-order valence-corrected chi connectivity index (χ0v) is 16.2. The Hall–Kier alpha value is -0.260. The molecule has 0 amide bonds. The Morgan fingerprint density at radius 1 is 0.652 bits per heavy atom. The molecule has 0 spiro atoms. The third-order valence-corrected chi connectivity index (χ3v) is 4.82. The van der Waals surface area contributed by atoms with E-state index in [0.29, 0.717) is 0 Å². The highest BCUT2D eigenvalue weighted by molar-refractivity contribution is 4.84. The van der Waals surface area contributed by atoms with E-state index in [1.165, 1.54) is 96.3 Å². The van der Waals surface area contributed by atoms with Gasteiger partial charge in [-0.2, -0.15) is 0 Å². The van der Waals surface area contributed by atoms with E-state index in [1.54, 1.807) is 0 Å². The number of rotatable bonds is 18. The van der Waals surface area contributed by atoms with E-state index < -0.39 is 0 Å². The molecule has 0 saturated carbocycles. The topological polar surface area (TPSA) is 0 Å². The molecule has 136 valence electrons. The third kappa shape index (κ3) is 17.9. The summed E-state index contributed by atoms with van der Waals surface area (Å²) in [6, 6.07) is 0. The molecule has 0 aromatic carbocycles. The van der Waals surface area contributed by atoms with E-state index in [2.05, 4.69) is 32.9 Å². The molecule has 0 aromatic rings. The first-order valence-electron chi connectivity index (χ1n) is 10.6. The van der Waals surface area contributed by atoms with Gasteiger partial charge in [0.05, 0.1) is 0 Å². The van der Waals surface area contributed by atoms with Crippen molar-refractivity contribution in [1.82, 2.24) is 0 Å². The van der Waals surface area contributed by atoms with Gasteiger partial charge in [-0.1, -0.05) is 123 Å². The molecule has 0 nitrogen and oxygen atoms in total. The normalized spacial score (nSPS) is 13.0. The Kier molecular flexibility index (Phi) is 19.6. The molecule has 0 heteroatoms. The van der Waals surface area contributed by atoms with Gasteiger partial charge in [-0.25, -0.2) is 0 Å². The molecule has 0 N–H and O–H groups in total. The molecule has 0 aliphatic carbocycles. The summed E-state index contributed by atoms with van der Waals surface area (Å²) in [5.41, 5.74) is 0. The van der Waals surface area contributed by atoms with Crippen molar-refractivity contribution in [2.45, 2.75) is 116 Å². The van der Waals surface area contributed by atoms with E-state index in [-0.39, 0.29) is 0 Å². The maximum Gasteiger partial charge on any atom is -0.0322 e. The zero-order valence-electron chi connectivity index (χ0n) is 16.2. The first kappa shape index (κ1) is 22.7. The van der Waals surface area contributed by atoms with Crippen LogP contribution in [0, 0.1) is 19.8 Å². The fourth-order valence-corrected chi connectivity index (χ4v) is 3.30. The highest BCUT2D eigenvalue weighted by atomic mass is 14.1. The molecule has 0 saturated heterocycles. The molecular weight excluding hydrogens is 276 g/mol. The molecule has 0 fully saturated rings. The molecule has 1 atom stereocenters. The molecule has 0 heterocycles. The number of hydrogen-bond donors (Lipinski definition) is 0. The van der Waals surface area contributed by atoms with Crippen LogP contribution in [0.5, 0.6) is 0 Å². The van der Waals surface area contributed by atoms with Crippen molar-refractivity contribution in [1.29, 1.82) is 0 Å². The second-order valence-electron chi connectivity index (χ2n) is 7.18. The number of hydrogen-bond acceptors (Lipinski definition) is 0. The van der Waals surface area contributed by atoms with Crippen LogP contribution in [0.1, 0.15) is 116 Å². The van der Waals surface area contributed by atoms with Crippen LogP contribution in [0.2, 0.25) is 0 Å². The molecule has 1 unspecified atom stereocenters. The number of allylic oxidation sites excluding steroid dienone is 2. The van der Waals surface area contributed by atoms with Crippen molar-refractivity contribution in [2.24, 2.45) is 5.92 Å². The van der Waals surface area contributed by atoms with Crippen LogP contribution < -0.4 is 0 Å². The Bertz CT molecular complexity index is 228. The summed E-state index contributed by atoms with van der Waals surface area (Å²) in [5.74, 6) is 0.929. The summed E-state index contributed by atoms with van der Waals surface area (Å²) in [5, 5.41) is 0. The Labute approximate surface area is 148 Å². The minimum atomic E-state index is 0.929. The SMILES string of the molecule is [CH2]CCCCCCCCC=CCC(CCC)CCCCCC[CH2]. The van der Waals surface area contributed by atoms with E-state index in [1.807, 2.05) is 0 Å². The lowest BCUT2D eigenvalue weighted by molar-refractivity contribution is 0.424. The zero-order chi connectivity index (χ0) is 17.0. The van der Waals surface area contributed by atoms with Gasteiger partial charge in [0.15, 0.2) is 0 Å². The summed E-state index contributed by atoms with van der Waals surface area (Å²) < 4.78 is 0. The summed E-state index contributed by atoms with van der Waals surface area (Å²) in [6.45, 7) is 10.2. The van der Waals surface area contributed by atoms with Crippen LogP contribution in [-0.2, 0) is 0 Å². The van der Waals surface area contributed by atoms with E-state index in [9.17, 15) is 0 Å². The van der Waals surface area contributed by atoms with Gasteiger partial charge in [0.1, 0.15) is 0 Å². The van der Waals surface area contributed by atoms with Crippen LogP contribution in [0.4, 0.5) is 0 Å². The van der Waals surface area contributed by atoms with Gasteiger partial charge in [-0.05, 0) is 25.2 Å². The van der Waals surface area contributed by atoms with Crippen molar-refractivity contribution in [2.75, 3.05) is 0 Å².